The molecule has 0 atom stereocenters. The molecule has 5 rings (SSSR count). The molecule has 0 spiro atoms. The fourth-order valence-corrected chi connectivity index (χ4v) is 4.16. The van der Waals surface area contributed by atoms with Crippen LogP contribution >= 0.6 is 0 Å². The summed E-state index contributed by atoms with van der Waals surface area (Å²) in [6.45, 7) is 7.30. The average Bonchev–Trinajstić information content (AvgIpc) is 3.12. The Hall–Kier alpha value is -2.93. The maximum atomic E-state index is 15.0. The van der Waals surface area contributed by atoms with Gasteiger partial charge >= 0.3 is 0 Å². The van der Waals surface area contributed by atoms with Gasteiger partial charge in [-0.05, 0) is 69.7 Å². The number of aromatic nitrogens is 5. The van der Waals surface area contributed by atoms with Crippen molar-refractivity contribution in [2.75, 3.05) is 19.6 Å². The predicted octanol–water partition coefficient (Wildman–Crippen LogP) is 3.99. The van der Waals surface area contributed by atoms with Crippen LogP contribution in [0.2, 0.25) is 0 Å². The normalized spacial score (nSPS) is 16.1. The topological polar surface area (TPSA) is 59.2 Å². The third-order valence-corrected chi connectivity index (χ3v) is 5.86. The van der Waals surface area contributed by atoms with E-state index in [1.165, 1.54) is 6.07 Å². The van der Waals surface area contributed by atoms with Crippen molar-refractivity contribution < 1.29 is 4.39 Å². The number of imidazole rings is 1. The van der Waals surface area contributed by atoms with Gasteiger partial charge in [-0.2, -0.15) is 15.3 Å². The van der Waals surface area contributed by atoms with Crippen LogP contribution in [0, 0.1) is 12.7 Å². The van der Waals surface area contributed by atoms with E-state index >= 15 is 0 Å². The second kappa shape index (κ2) is 7.15. The Kier molecular flexibility index (Phi) is 4.47. The lowest BCUT2D eigenvalue weighted by atomic mass is 9.92. The minimum absolute atomic E-state index is 0.289. The Morgan fingerprint density at radius 2 is 1.93 bits per heavy atom. The summed E-state index contributed by atoms with van der Waals surface area (Å²) in [5.74, 6) is 0.0608. The number of rotatable bonds is 3. The Labute approximate surface area is 168 Å². The lowest BCUT2D eigenvalue weighted by Gasteiger charge is -2.30. The summed E-state index contributed by atoms with van der Waals surface area (Å²) in [5.41, 5.74) is 4.47. The maximum absolute atomic E-state index is 15.0. The van der Waals surface area contributed by atoms with Gasteiger partial charge in [0.1, 0.15) is 5.82 Å². The largest absolute Gasteiger partial charge is 0.304 e. The van der Waals surface area contributed by atoms with E-state index in [4.69, 9.17) is 0 Å². The number of nitrogens with zero attached hydrogens (tertiary/aromatic N) is 6. The highest BCUT2D eigenvalue weighted by Crippen LogP contribution is 2.30. The second-order valence-electron chi connectivity index (χ2n) is 7.77. The van der Waals surface area contributed by atoms with E-state index in [1.807, 2.05) is 37.4 Å². The van der Waals surface area contributed by atoms with Gasteiger partial charge in [0.05, 0.1) is 28.8 Å². The molecule has 0 N–H and O–H groups in total. The minimum atomic E-state index is -0.289. The van der Waals surface area contributed by atoms with Crippen molar-refractivity contribution in [2.24, 2.45) is 0 Å². The van der Waals surface area contributed by atoms with Crippen LogP contribution in [-0.4, -0.2) is 49.3 Å². The number of benzene rings is 1. The van der Waals surface area contributed by atoms with Crippen molar-refractivity contribution in [2.45, 2.75) is 32.6 Å². The van der Waals surface area contributed by atoms with E-state index in [0.29, 0.717) is 28.1 Å². The molecule has 4 heterocycles. The summed E-state index contributed by atoms with van der Waals surface area (Å²) in [4.78, 5) is 6.81. The number of piperidine rings is 1. The van der Waals surface area contributed by atoms with Gasteiger partial charge in [0.2, 0.25) is 0 Å². The number of halogens is 1. The van der Waals surface area contributed by atoms with Crippen LogP contribution in [0.5, 0.6) is 0 Å². The molecule has 1 aliphatic rings. The summed E-state index contributed by atoms with van der Waals surface area (Å²) < 4.78 is 16.7. The van der Waals surface area contributed by atoms with Crippen molar-refractivity contribution in [3.05, 3.63) is 53.7 Å². The van der Waals surface area contributed by atoms with Crippen LogP contribution in [0.25, 0.3) is 27.8 Å². The van der Waals surface area contributed by atoms with Gasteiger partial charge in [-0.25, -0.2) is 13.9 Å². The molecule has 1 saturated heterocycles. The highest BCUT2D eigenvalue weighted by molar-refractivity contribution is 5.84. The summed E-state index contributed by atoms with van der Waals surface area (Å²) in [6.07, 6.45) is 3.94. The monoisotopic (exact) mass is 390 g/mol. The first-order valence-electron chi connectivity index (χ1n) is 10.1. The smallest absolute Gasteiger partial charge is 0.153 e. The summed E-state index contributed by atoms with van der Waals surface area (Å²) in [6, 6.07) is 9.00. The predicted molar refractivity (Wildman–Crippen MR) is 110 cm³/mol. The van der Waals surface area contributed by atoms with Gasteiger partial charge in [0.15, 0.2) is 5.65 Å². The van der Waals surface area contributed by atoms with E-state index in [0.717, 1.165) is 49.5 Å². The SMILES string of the molecule is CCN1CCC(c2cc3c(F)cc(-c4ccc5nc(C)cn5n4)cc3nn2)CC1. The fourth-order valence-electron chi connectivity index (χ4n) is 4.16. The number of hydrogen-bond donors (Lipinski definition) is 0. The molecule has 148 valence electrons. The highest BCUT2D eigenvalue weighted by atomic mass is 19.1. The van der Waals surface area contributed by atoms with Crippen molar-refractivity contribution in [1.29, 1.82) is 0 Å². The molecule has 1 fully saturated rings. The zero-order valence-electron chi connectivity index (χ0n) is 16.6. The summed E-state index contributed by atoms with van der Waals surface area (Å²) in [5, 5.41) is 13.9. The van der Waals surface area contributed by atoms with Crippen LogP contribution in [0.1, 0.15) is 37.1 Å². The number of fused-ring (bicyclic) bond motifs is 2. The molecular formula is C22H23FN6. The van der Waals surface area contributed by atoms with Gasteiger partial charge in [0.25, 0.3) is 0 Å². The molecule has 0 radical (unpaired) electrons. The Balaban J connectivity index is 1.49. The van der Waals surface area contributed by atoms with Crippen molar-refractivity contribution >= 4 is 16.6 Å². The first-order chi connectivity index (χ1) is 14.1. The Bertz CT molecular complexity index is 1190. The highest BCUT2D eigenvalue weighted by Gasteiger charge is 2.22. The molecule has 1 aromatic carbocycles. The van der Waals surface area contributed by atoms with Crippen LogP contribution in [0.15, 0.2) is 36.5 Å². The van der Waals surface area contributed by atoms with Crippen LogP contribution in [0.4, 0.5) is 4.39 Å². The Morgan fingerprint density at radius 3 is 2.72 bits per heavy atom. The molecule has 0 bridgehead atoms. The molecule has 0 aliphatic carbocycles. The van der Waals surface area contributed by atoms with E-state index in [1.54, 1.807) is 4.52 Å². The van der Waals surface area contributed by atoms with Crippen molar-refractivity contribution in [3.8, 4) is 11.3 Å². The second-order valence-corrected chi connectivity index (χ2v) is 7.77. The molecule has 4 aromatic rings. The molecule has 0 saturated carbocycles. The van der Waals surface area contributed by atoms with E-state index in [2.05, 4.69) is 32.1 Å². The summed E-state index contributed by atoms with van der Waals surface area (Å²) >= 11 is 0. The molecule has 7 heteroatoms. The molecule has 0 amide bonds. The Morgan fingerprint density at radius 1 is 1.10 bits per heavy atom. The first-order valence-corrected chi connectivity index (χ1v) is 10.1. The lowest BCUT2D eigenvalue weighted by molar-refractivity contribution is 0.220. The molecule has 1 aliphatic heterocycles. The summed E-state index contributed by atoms with van der Waals surface area (Å²) in [7, 11) is 0. The number of aryl methyl sites for hydroxylation is 1. The standard InChI is InChI=1S/C22H23FN6/c1-3-28-8-6-15(7-9-28)20-12-17-18(23)10-16(11-21(17)26-25-20)19-4-5-22-24-14(2)13-29(22)27-19/h4-5,10-13,15H,3,6-9H2,1-2H3. The number of hydrogen-bond acceptors (Lipinski definition) is 5. The molecular weight excluding hydrogens is 367 g/mol. The zero-order chi connectivity index (χ0) is 20.0. The fraction of sp³-hybridized carbons (Fsp3) is 0.364. The maximum Gasteiger partial charge on any atom is 0.153 e. The molecule has 6 nitrogen and oxygen atoms in total. The molecule has 3 aromatic heterocycles. The van der Waals surface area contributed by atoms with Gasteiger partial charge in [-0.1, -0.05) is 6.92 Å². The van der Waals surface area contributed by atoms with E-state index in [9.17, 15) is 4.39 Å². The number of likely N-dealkylation sites (tertiary alicyclic amines) is 1. The van der Waals surface area contributed by atoms with Crippen LogP contribution in [-0.2, 0) is 0 Å². The van der Waals surface area contributed by atoms with Gasteiger partial charge < -0.3 is 4.90 Å². The van der Waals surface area contributed by atoms with Gasteiger partial charge in [0, 0.05) is 16.9 Å². The van der Waals surface area contributed by atoms with Gasteiger partial charge in [-0.3, -0.25) is 0 Å². The molecule has 29 heavy (non-hydrogen) atoms. The zero-order valence-corrected chi connectivity index (χ0v) is 16.6. The van der Waals surface area contributed by atoms with E-state index < -0.39 is 0 Å². The van der Waals surface area contributed by atoms with Crippen LogP contribution < -0.4 is 0 Å². The van der Waals surface area contributed by atoms with Crippen molar-refractivity contribution in [1.82, 2.24) is 29.7 Å². The average molecular weight is 390 g/mol. The molecule has 0 unspecified atom stereocenters. The lowest BCUT2D eigenvalue weighted by Crippen LogP contribution is -2.32. The quantitative estimate of drug-likeness (QED) is 0.529. The van der Waals surface area contributed by atoms with Crippen molar-refractivity contribution in [3.63, 3.8) is 0 Å². The van der Waals surface area contributed by atoms with E-state index in [-0.39, 0.29) is 5.82 Å². The third-order valence-electron chi connectivity index (χ3n) is 5.86. The van der Waals surface area contributed by atoms with Crippen LogP contribution in [0.3, 0.4) is 0 Å². The van der Waals surface area contributed by atoms with Gasteiger partial charge in [-0.15, -0.1) is 0 Å². The third kappa shape index (κ3) is 3.35. The minimum Gasteiger partial charge on any atom is -0.304 e. The first kappa shape index (κ1) is 18.1.